The number of aryl methyl sites for hydroxylation is 3. The van der Waals surface area contributed by atoms with Crippen LogP contribution in [0.3, 0.4) is 0 Å². The fourth-order valence-corrected chi connectivity index (χ4v) is 2.47. The van der Waals surface area contributed by atoms with Crippen LogP contribution in [0.5, 0.6) is 0 Å². The molecule has 4 nitrogen and oxygen atoms in total. The van der Waals surface area contributed by atoms with E-state index in [1.807, 2.05) is 31.6 Å². The Bertz CT molecular complexity index is 634. The Morgan fingerprint density at radius 2 is 1.90 bits per heavy atom. The number of hydrogen-bond donors (Lipinski definition) is 0. The van der Waals surface area contributed by atoms with E-state index in [9.17, 15) is 4.79 Å². The van der Waals surface area contributed by atoms with Gasteiger partial charge in [0, 0.05) is 29.7 Å². The summed E-state index contributed by atoms with van der Waals surface area (Å²) in [7, 11) is 1.99. The standard InChI is InChI=1S/C16H23N3O/c1-6-13-9-14(7-2)19(17-13)10-16(20)15-8-11(3)18(5)12(15)4/h8-9H,6-7,10H2,1-5H3. The second-order valence-electron chi connectivity index (χ2n) is 5.26. The highest BCUT2D eigenvalue weighted by Crippen LogP contribution is 2.15. The van der Waals surface area contributed by atoms with Crippen molar-refractivity contribution < 1.29 is 4.79 Å². The zero-order valence-corrected chi connectivity index (χ0v) is 13.0. The molecule has 0 aliphatic rings. The Hall–Kier alpha value is -1.84. The molecule has 2 aromatic heterocycles. The van der Waals surface area contributed by atoms with Crippen LogP contribution in [0.4, 0.5) is 0 Å². The average molecular weight is 273 g/mol. The molecule has 0 saturated heterocycles. The van der Waals surface area contributed by atoms with E-state index >= 15 is 0 Å². The van der Waals surface area contributed by atoms with Crippen molar-refractivity contribution in [3.63, 3.8) is 0 Å². The summed E-state index contributed by atoms with van der Waals surface area (Å²) >= 11 is 0. The molecular weight excluding hydrogens is 250 g/mol. The van der Waals surface area contributed by atoms with E-state index in [0.717, 1.165) is 41.2 Å². The Labute approximate surface area is 120 Å². The van der Waals surface area contributed by atoms with Crippen molar-refractivity contribution in [2.75, 3.05) is 0 Å². The van der Waals surface area contributed by atoms with Crippen LogP contribution in [0.2, 0.25) is 0 Å². The average Bonchev–Trinajstić information content (AvgIpc) is 2.94. The van der Waals surface area contributed by atoms with Gasteiger partial charge in [0.25, 0.3) is 0 Å². The quantitative estimate of drug-likeness (QED) is 0.786. The van der Waals surface area contributed by atoms with Crippen LogP contribution in [-0.4, -0.2) is 20.1 Å². The molecule has 0 unspecified atom stereocenters. The zero-order valence-electron chi connectivity index (χ0n) is 13.0. The third kappa shape index (κ3) is 2.55. The molecule has 4 heteroatoms. The highest BCUT2D eigenvalue weighted by Gasteiger charge is 2.16. The topological polar surface area (TPSA) is 39.8 Å². The number of Topliss-reactive ketones (excluding diaryl/α,β-unsaturated/α-hetero) is 1. The van der Waals surface area contributed by atoms with Crippen molar-refractivity contribution in [1.29, 1.82) is 0 Å². The molecule has 0 aromatic carbocycles. The monoisotopic (exact) mass is 273 g/mol. The maximum Gasteiger partial charge on any atom is 0.186 e. The van der Waals surface area contributed by atoms with Crippen LogP contribution in [0, 0.1) is 13.8 Å². The van der Waals surface area contributed by atoms with Gasteiger partial charge in [-0.1, -0.05) is 13.8 Å². The molecule has 0 bridgehead atoms. The lowest BCUT2D eigenvalue weighted by molar-refractivity contribution is 0.0965. The maximum absolute atomic E-state index is 12.5. The second kappa shape index (κ2) is 5.65. The predicted octanol–water partition coefficient (Wildman–Crippen LogP) is 2.85. The van der Waals surface area contributed by atoms with E-state index < -0.39 is 0 Å². The molecule has 0 saturated carbocycles. The minimum atomic E-state index is 0.131. The number of carbonyl (C=O) groups is 1. The van der Waals surface area contributed by atoms with Gasteiger partial charge in [0.05, 0.1) is 5.69 Å². The van der Waals surface area contributed by atoms with E-state index in [1.165, 1.54) is 0 Å². The number of aromatic nitrogens is 3. The summed E-state index contributed by atoms with van der Waals surface area (Å²) in [5.41, 5.74) is 5.11. The highest BCUT2D eigenvalue weighted by molar-refractivity contribution is 5.97. The van der Waals surface area contributed by atoms with Crippen LogP contribution >= 0.6 is 0 Å². The molecule has 2 aromatic rings. The molecule has 0 radical (unpaired) electrons. The SMILES string of the molecule is CCc1cc(CC)n(CC(=O)c2cc(C)n(C)c2C)n1. The van der Waals surface area contributed by atoms with Gasteiger partial charge in [0.15, 0.2) is 5.78 Å². The largest absolute Gasteiger partial charge is 0.351 e. The zero-order chi connectivity index (χ0) is 14.9. The van der Waals surface area contributed by atoms with Crippen LogP contribution in [0.25, 0.3) is 0 Å². The van der Waals surface area contributed by atoms with Crippen molar-refractivity contribution in [2.24, 2.45) is 7.05 Å². The minimum absolute atomic E-state index is 0.131. The van der Waals surface area contributed by atoms with Crippen molar-refractivity contribution in [3.05, 3.63) is 40.5 Å². The predicted molar refractivity (Wildman–Crippen MR) is 80.2 cm³/mol. The first-order valence-corrected chi connectivity index (χ1v) is 7.19. The van der Waals surface area contributed by atoms with Crippen molar-refractivity contribution in [1.82, 2.24) is 14.3 Å². The first kappa shape index (κ1) is 14.6. The van der Waals surface area contributed by atoms with Gasteiger partial charge >= 0.3 is 0 Å². The highest BCUT2D eigenvalue weighted by atomic mass is 16.1. The normalized spacial score (nSPS) is 11.1. The van der Waals surface area contributed by atoms with Crippen molar-refractivity contribution in [3.8, 4) is 0 Å². The summed E-state index contributed by atoms with van der Waals surface area (Å²) in [6, 6.07) is 4.06. The van der Waals surface area contributed by atoms with Crippen LogP contribution < -0.4 is 0 Å². The third-order valence-corrected chi connectivity index (χ3v) is 4.01. The van der Waals surface area contributed by atoms with Crippen molar-refractivity contribution >= 4 is 5.78 Å². The lowest BCUT2D eigenvalue weighted by atomic mass is 10.1. The number of carbonyl (C=O) groups excluding carboxylic acids is 1. The molecule has 0 spiro atoms. The first-order valence-electron chi connectivity index (χ1n) is 7.19. The lowest BCUT2D eigenvalue weighted by Gasteiger charge is -2.06. The van der Waals surface area contributed by atoms with Gasteiger partial charge < -0.3 is 4.57 Å². The fourth-order valence-electron chi connectivity index (χ4n) is 2.47. The number of rotatable bonds is 5. The van der Waals surface area contributed by atoms with E-state index in [4.69, 9.17) is 0 Å². The molecule has 0 amide bonds. The van der Waals surface area contributed by atoms with Crippen LogP contribution in [0.15, 0.2) is 12.1 Å². The number of nitrogens with zero attached hydrogens (tertiary/aromatic N) is 3. The minimum Gasteiger partial charge on any atom is -0.351 e. The molecule has 0 aliphatic heterocycles. The van der Waals surface area contributed by atoms with Gasteiger partial charge in [-0.2, -0.15) is 5.10 Å². The van der Waals surface area contributed by atoms with Gasteiger partial charge in [0.1, 0.15) is 6.54 Å². The van der Waals surface area contributed by atoms with Crippen molar-refractivity contribution in [2.45, 2.75) is 47.1 Å². The molecule has 0 atom stereocenters. The Kier molecular flexibility index (Phi) is 4.12. The Morgan fingerprint density at radius 3 is 2.40 bits per heavy atom. The molecule has 0 fully saturated rings. The van der Waals surface area contributed by atoms with Crippen LogP contribution in [-0.2, 0) is 26.4 Å². The first-order chi connectivity index (χ1) is 9.47. The number of hydrogen-bond acceptors (Lipinski definition) is 2. The van der Waals surface area contributed by atoms with E-state index in [1.54, 1.807) is 0 Å². The molecule has 108 valence electrons. The molecule has 0 N–H and O–H groups in total. The summed E-state index contributed by atoms with van der Waals surface area (Å²) in [4.78, 5) is 12.5. The maximum atomic E-state index is 12.5. The van der Waals surface area contributed by atoms with Crippen LogP contribution in [0.1, 0.15) is 47.0 Å². The molecular formula is C16H23N3O. The fraction of sp³-hybridized carbons (Fsp3) is 0.500. The summed E-state index contributed by atoms with van der Waals surface area (Å²) in [5.74, 6) is 0.131. The van der Waals surface area contributed by atoms with Gasteiger partial charge in [-0.25, -0.2) is 0 Å². The smallest absolute Gasteiger partial charge is 0.186 e. The van der Waals surface area contributed by atoms with E-state index in [2.05, 4.69) is 29.6 Å². The molecule has 0 aliphatic carbocycles. The summed E-state index contributed by atoms with van der Waals surface area (Å²) in [5, 5.41) is 4.51. The van der Waals surface area contributed by atoms with Gasteiger partial charge in [-0.15, -0.1) is 0 Å². The third-order valence-electron chi connectivity index (χ3n) is 4.01. The Balaban J connectivity index is 2.27. The molecule has 2 heterocycles. The molecule has 2 rings (SSSR count). The van der Waals surface area contributed by atoms with Gasteiger partial charge in [-0.3, -0.25) is 9.48 Å². The Morgan fingerprint density at radius 1 is 1.20 bits per heavy atom. The van der Waals surface area contributed by atoms with E-state index in [0.29, 0.717) is 6.54 Å². The van der Waals surface area contributed by atoms with Gasteiger partial charge in [0.2, 0.25) is 0 Å². The number of ketones is 1. The summed E-state index contributed by atoms with van der Waals surface area (Å²) in [6.45, 7) is 8.51. The molecule has 20 heavy (non-hydrogen) atoms. The van der Waals surface area contributed by atoms with E-state index in [-0.39, 0.29) is 5.78 Å². The van der Waals surface area contributed by atoms with Gasteiger partial charge in [-0.05, 0) is 38.8 Å². The lowest BCUT2D eigenvalue weighted by Crippen LogP contribution is -2.14. The summed E-state index contributed by atoms with van der Waals surface area (Å²) < 4.78 is 3.90. The second-order valence-corrected chi connectivity index (χ2v) is 5.26. The summed E-state index contributed by atoms with van der Waals surface area (Å²) in [6.07, 6.45) is 1.80.